The average molecular weight is 291 g/mol. The number of nitrogens with one attached hydrogen (secondary N) is 1. The van der Waals surface area contributed by atoms with Crippen molar-refractivity contribution in [3.8, 4) is 5.75 Å². The van der Waals surface area contributed by atoms with Crippen molar-refractivity contribution in [2.45, 2.75) is 72.3 Å². The van der Waals surface area contributed by atoms with E-state index in [-0.39, 0.29) is 0 Å². The van der Waals surface area contributed by atoms with Gasteiger partial charge in [-0.2, -0.15) is 0 Å². The van der Waals surface area contributed by atoms with Crippen LogP contribution in [0.5, 0.6) is 5.75 Å². The standard InChI is InChI=1S/C19H33NO/c1-4-6-7-8-9-10-11-15-21-19-17(3)13-12-14-18(19)16-20-5-2/h12-14,20H,4-11,15-16H2,1-3H3. The summed E-state index contributed by atoms with van der Waals surface area (Å²) in [7, 11) is 0. The lowest BCUT2D eigenvalue weighted by Crippen LogP contribution is -2.13. The van der Waals surface area contributed by atoms with Gasteiger partial charge in [0.1, 0.15) is 5.75 Å². The number of hydrogen-bond acceptors (Lipinski definition) is 2. The molecule has 0 aromatic heterocycles. The molecule has 0 fully saturated rings. The van der Waals surface area contributed by atoms with Crippen molar-refractivity contribution in [1.29, 1.82) is 0 Å². The molecule has 0 atom stereocenters. The predicted octanol–water partition coefficient (Wildman–Crippen LogP) is 5.23. The van der Waals surface area contributed by atoms with Crippen LogP contribution in [0.3, 0.4) is 0 Å². The van der Waals surface area contributed by atoms with Crippen molar-refractivity contribution < 1.29 is 4.74 Å². The summed E-state index contributed by atoms with van der Waals surface area (Å²) in [5.74, 6) is 1.09. The van der Waals surface area contributed by atoms with Gasteiger partial charge in [-0.3, -0.25) is 0 Å². The Balaban J connectivity index is 2.27. The van der Waals surface area contributed by atoms with Gasteiger partial charge in [-0.1, -0.05) is 70.6 Å². The maximum Gasteiger partial charge on any atom is 0.126 e. The Morgan fingerprint density at radius 3 is 2.38 bits per heavy atom. The third-order valence-electron chi connectivity index (χ3n) is 3.85. The quantitative estimate of drug-likeness (QED) is 0.532. The van der Waals surface area contributed by atoms with E-state index >= 15 is 0 Å². The minimum Gasteiger partial charge on any atom is -0.493 e. The molecule has 0 radical (unpaired) electrons. The third kappa shape index (κ3) is 7.52. The van der Waals surface area contributed by atoms with Crippen LogP contribution >= 0.6 is 0 Å². The summed E-state index contributed by atoms with van der Waals surface area (Å²) >= 11 is 0. The highest BCUT2D eigenvalue weighted by atomic mass is 16.5. The summed E-state index contributed by atoms with van der Waals surface area (Å²) in [6.45, 7) is 9.26. The van der Waals surface area contributed by atoms with Crippen LogP contribution in [0.2, 0.25) is 0 Å². The monoisotopic (exact) mass is 291 g/mol. The van der Waals surface area contributed by atoms with E-state index in [2.05, 4.69) is 44.3 Å². The molecule has 0 saturated heterocycles. The van der Waals surface area contributed by atoms with Gasteiger partial charge in [0.2, 0.25) is 0 Å². The topological polar surface area (TPSA) is 21.3 Å². The van der Waals surface area contributed by atoms with Gasteiger partial charge in [0.05, 0.1) is 6.61 Å². The Kier molecular flexibility index (Phi) is 9.98. The van der Waals surface area contributed by atoms with Gasteiger partial charge in [-0.05, 0) is 25.5 Å². The summed E-state index contributed by atoms with van der Waals surface area (Å²) in [5.41, 5.74) is 2.52. The second-order valence-corrected chi connectivity index (χ2v) is 5.81. The van der Waals surface area contributed by atoms with Gasteiger partial charge in [0.15, 0.2) is 0 Å². The zero-order valence-corrected chi connectivity index (χ0v) is 14.2. The van der Waals surface area contributed by atoms with Crippen LogP contribution in [0.1, 0.15) is 69.9 Å². The fourth-order valence-corrected chi connectivity index (χ4v) is 2.55. The molecule has 0 unspecified atom stereocenters. The fraction of sp³-hybridized carbons (Fsp3) is 0.684. The van der Waals surface area contributed by atoms with E-state index in [1.807, 2.05) is 0 Å². The largest absolute Gasteiger partial charge is 0.493 e. The lowest BCUT2D eigenvalue weighted by atomic mass is 10.1. The first-order valence-electron chi connectivity index (χ1n) is 8.71. The Hall–Kier alpha value is -1.02. The van der Waals surface area contributed by atoms with Crippen molar-refractivity contribution in [3.05, 3.63) is 29.3 Å². The van der Waals surface area contributed by atoms with E-state index in [0.717, 1.165) is 25.4 Å². The maximum absolute atomic E-state index is 6.05. The van der Waals surface area contributed by atoms with Crippen LogP contribution in [0.15, 0.2) is 18.2 Å². The number of rotatable bonds is 12. The summed E-state index contributed by atoms with van der Waals surface area (Å²) in [6.07, 6.45) is 9.28. The summed E-state index contributed by atoms with van der Waals surface area (Å²) < 4.78 is 6.05. The van der Waals surface area contributed by atoms with Gasteiger partial charge >= 0.3 is 0 Å². The zero-order chi connectivity index (χ0) is 15.3. The van der Waals surface area contributed by atoms with Crippen LogP contribution < -0.4 is 10.1 Å². The van der Waals surface area contributed by atoms with E-state index in [9.17, 15) is 0 Å². The minimum absolute atomic E-state index is 0.845. The van der Waals surface area contributed by atoms with E-state index in [4.69, 9.17) is 4.74 Å². The number of hydrogen-bond donors (Lipinski definition) is 1. The Morgan fingerprint density at radius 2 is 1.67 bits per heavy atom. The fourth-order valence-electron chi connectivity index (χ4n) is 2.55. The molecule has 0 aliphatic carbocycles. The highest BCUT2D eigenvalue weighted by Crippen LogP contribution is 2.23. The van der Waals surface area contributed by atoms with Crippen molar-refractivity contribution >= 4 is 0 Å². The SMILES string of the molecule is CCCCCCCCCOc1c(C)cccc1CNCC. The Morgan fingerprint density at radius 1 is 0.952 bits per heavy atom. The number of para-hydroxylation sites is 1. The number of benzene rings is 1. The summed E-state index contributed by atoms with van der Waals surface area (Å²) in [6, 6.07) is 6.41. The molecule has 0 aliphatic rings. The van der Waals surface area contributed by atoms with Gasteiger partial charge in [-0.15, -0.1) is 0 Å². The second kappa shape index (κ2) is 11.6. The maximum atomic E-state index is 6.05. The molecule has 0 aliphatic heterocycles. The molecule has 1 aromatic carbocycles. The van der Waals surface area contributed by atoms with Crippen LogP contribution in [0.25, 0.3) is 0 Å². The van der Waals surface area contributed by atoms with Crippen LogP contribution in [-0.2, 0) is 6.54 Å². The normalized spacial score (nSPS) is 10.8. The smallest absolute Gasteiger partial charge is 0.126 e. The summed E-state index contributed by atoms with van der Waals surface area (Å²) in [4.78, 5) is 0. The average Bonchev–Trinajstić information content (AvgIpc) is 2.49. The minimum atomic E-state index is 0.845. The van der Waals surface area contributed by atoms with Gasteiger partial charge in [0.25, 0.3) is 0 Å². The number of unbranched alkanes of at least 4 members (excludes halogenated alkanes) is 6. The Labute approximate surface area is 131 Å². The highest BCUT2D eigenvalue weighted by molar-refractivity contribution is 5.40. The van der Waals surface area contributed by atoms with E-state index in [0.29, 0.717) is 0 Å². The molecule has 1 rings (SSSR count). The number of ether oxygens (including phenoxy) is 1. The lowest BCUT2D eigenvalue weighted by Gasteiger charge is -2.14. The molecule has 2 nitrogen and oxygen atoms in total. The predicted molar refractivity (Wildman–Crippen MR) is 92.0 cm³/mol. The zero-order valence-electron chi connectivity index (χ0n) is 14.2. The summed E-state index contributed by atoms with van der Waals surface area (Å²) in [5, 5.41) is 3.38. The van der Waals surface area contributed by atoms with Gasteiger partial charge in [-0.25, -0.2) is 0 Å². The molecule has 2 heteroatoms. The third-order valence-corrected chi connectivity index (χ3v) is 3.85. The molecular formula is C19H33NO. The first-order chi connectivity index (χ1) is 10.3. The lowest BCUT2D eigenvalue weighted by molar-refractivity contribution is 0.298. The van der Waals surface area contributed by atoms with E-state index in [1.165, 1.54) is 56.1 Å². The molecule has 0 spiro atoms. The van der Waals surface area contributed by atoms with E-state index < -0.39 is 0 Å². The molecule has 21 heavy (non-hydrogen) atoms. The second-order valence-electron chi connectivity index (χ2n) is 5.81. The van der Waals surface area contributed by atoms with Gasteiger partial charge in [0, 0.05) is 12.1 Å². The van der Waals surface area contributed by atoms with Crippen LogP contribution in [0.4, 0.5) is 0 Å². The van der Waals surface area contributed by atoms with Crippen molar-refractivity contribution in [1.82, 2.24) is 5.32 Å². The van der Waals surface area contributed by atoms with Crippen LogP contribution in [-0.4, -0.2) is 13.2 Å². The number of aryl methyl sites for hydroxylation is 1. The molecule has 1 aromatic rings. The van der Waals surface area contributed by atoms with Crippen LogP contribution in [0, 0.1) is 6.92 Å². The molecule has 0 amide bonds. The van der Waals surface area contributed by atoms with Crippen molar-refractivity contribution in [3.63, 3.8) is 0 Å². The molecule has 0 heterocycles. The van der Waals surface area contributed by atoms with Gasteiger partial charge < -0.3 is 10.1 Å². The first kappa shape index (κ1) is 18.0. The molecule has 0 bridgehead atoms. The molecule has 0 saturated carbocycles. The molecule has 1 N–H and O–H groups in total. The highest BCUT2D eigenvalue weighted by Gasteiger charge is 2.06. The molecule has 120 valence electrons. The van der Waals surface area contributed by atoms with Crippen molar-refractivity contribution in [2.24, 2.45) is 0 Å². The molecular weight excluding hydrogens is 258 g/mol. The van der Waals surface area contributed by atoms with Crippen molar-refractivity contribution in [2.75, 3.05) is 13.2 Å². The van der Waals surface area contributed by atoms with E-state index in [1.54, 1.807) is 0 Å². The Bertz CT molecular complexity index is 376. The first-order valence-corrected chi connectivity index (χ1v) is 8.71.